The van der Waals surface area contributed by atoms with Gasteiger partial charge in [-0.25, -0.2) is 22.6 Å². The minimum Gasteiger partial charge on any atom is -0.477 e. The van der Waals surface area contributed by atoms with Gasteiger partial charge in [0.15, 0.2) is 4.90 Å². The van der Waals surface area contributed by atoms with Gasteiger partial charge in [0.05, 0.1) is 18.8 Å². The number of ether oxygens (including phenoxy) is 2. The quantitative estimate of drug-likeness (QED) is 0.764. The molecule has 2 aliphatic heterocycles. The van der Waals surface area contributed by atoms with Crippen molar-refractivity contribution < 1.29 is 22.7 Å². The summed E-state index contributed by atoms with van der Waals surface area (Å²) in [6.07, 6.45) is 4.44. The summed E-state index contributed by atoms with van der Waals surface area (Å²) < 4.78 is 40.3. The van der Waals surface area contributed by atoms with Crippen LogP contribution in [0.25, 0.3) is 0 Å². The van der Waals surface area contributed by atoms with Crippen LogP contribution >= 0.6 is 0 Å². The molecule has 10 heteroatoms. The molecule has 1 saturated heterocycles. The van der Waals surface area contributed by atoms with Crippen molar-refractivity contribution in [3.05, 3.63) is 41.6 Å². The third-order valence-corrected chi connectivity index (χ3v) is 7.63. The summed E-state index contributed by atoms with van der Waals surface area (Å²) in [4.78, 5) is 12.7. The Balaban J connectivity index is 1.38. The number of fused-ring (bicyclic) bond motifs is 2. The van der Waals surface area contributed by atoms with Crippen molar-refractivity contribution in [2.45, 2.75) is 43.2 Å². The number of carbonyl (C=O) groups is 1. The number of carbonyl (C=O) groups excluding carboxylic acids is 1. The second kappa shape index (κ2) is 7.28. The van der Waals surface area contributed by atoms with Gasteiger partial charge in [-0.2, -0.15) is 5.10 Å². The Hall–Kier alpha value is -2.59. The molecule has 1 atom stereocenters. The molecular formula is C20H24N4O5S. The number of hydrogen-bond acceptors (Lipinski definition) is 6. The molecule has 30 heavy (non-hydrogen) atoms. The zero-order valence-corrected chi connectivity index (χ0v) is 17.3. The molecule has 1 aromatic carbocycles. The van der Waals surface area contributed by atoms with E-state index in [0.717, 1.165) is 31.2 Å². The van der Waals surface area contributed by atoms with Crippen LogP contribution in [0, 0.1) is 5.41 Å². The van der Waals surface area contributed by atoms with Crippen molar-refractivity contribution in [3.63, 3.8) is 0 Å². The molecule has 0 bridgehead atoms. The third kappa shape index (κ3) is 3.24. The first-order valence-electron chi connectivity index (χ1n) is 10.2. The van der Waals surface area contributed by atoms with Gasteiger partial charge < -0.3 is 14.8 Å². The van der Waals surface area contributed by atoms with Crippen molar-refractivity contribution in [1.82, 2.24) is 19.8 Å². The van der Waals surface area contributed by atoms with Gasteiger partial charge in [-0.15, -0.1) is 0 Å². The van der Waals surface area contributed by atoms with E-state index >= 15 is 0 Å². The normalized spacial score (nSPS) is 22.1. The SMILES string of the molecule is O=C(N[C@@H]1c2ccccc2CC12CCOCC2)NS(=O)(=O)c1cnn2c1OCCC2. The minimum absolute atomic E-state index is 0.120. The Morgan fingerprint density at radius 3 is 2.83 bits per heavy atom. The van der Waals surface area contributed by atoms with Gasteiger partial charge in [0.1, 0.15) is 0 Å². The van der Waals surface area contributed by atoms with Crippen molar-refractivity contribution >= 4 is 16.1 Å². The second-order valence-electron chi connectivity index (χ2n) is 8.10. The Kier molecular flexibility index (Phi) is 4.70. The number of aromatic nitrogens is 2. The summed E-state index contributed by atoms with van der Waals surface area (Å²) in [5.41, 5.74) is 2.06. The lowest BCUT2D eigenvalue weighted by molar-refractivity contribution is 0.00226. The number of benzene rings is 1. The van der Waals surface area contributed by atoms with Gasteiger partial charge in [-0.05, 0) is 30.4 Å². The first-order valence-corrected chi connectivity index (χ1v) is 11.6. The standard InChI is InChI=1S/C20H24N4O5S/c25-19(23-30(26,27)16-13-21-24-8-3-9-29-18(16)24)22-17-15-5-2-1-4-14(15)12-20(17)6-10-28-11-7-20/h1-2,4-5,13,17H,3,6-12H2,(H2,22,23,25)/t17-/m1/s1. The van der Waals surface area contributed by atoms with E-state index in [-0.39, 0.29) is 22.2 Å². The van der Waals surface area contributed by atoms with E-state index < -0.39 is 16.1 Å². The minimum atomic E-state index is -4.11. The average molecular weight is 433 g/mol. The Morgan fingerprint density at radius 1 is 1.20 bits per heavy atom. The van der Waals surface area contributed by atoms with E-state index in [0.29, 0.717) is 26.4 Å². The largest absolute Gasteiger partial charge is 0.477 e. The van der Waals surface area contributed by atoms with Crippen LogP contribution < -0.4 is 14.8 Å². The van der Waals surface area contributed by atoms with Gasteiger partial charge in [-0.3, -0.25) is 0 Å². The van der Waals surface area contributed by atoms with Crippen LogP contribution in [0.4, 0.5) is 4.79 Å². The van der Waals surface area contributed by atoms with Gasteiger partial charge in [0.2, 0.25) is 5.88 Å². The molecule has 1 fully saturated rings. The summed E-state index contributed by atoms with van der Waals surface area (Å²) in [7, 11) is -4.11. The van der Waals surface area contributed by atoms with Crippen LogP contribution in [-0.4, -0.2) is 44.1 Å². The first kappa shape index (κ1) is 19.4. The number of amides is 2. The van der Waals surface area contributed by atoms with Crippen LogP contribution in [0.1, 0.15) is 36.4 Å². The van der Waals surface area contributed by atoms with E-state index in [2.05, 4.69) is 21.2 Å². The lowest BCUT2D eigenvalue weighted by Gasteiger charge is -2.39. The molecule has 5 rings (SSSR count). The fourth-order valence-corrected chi connectivity index (χ4v) is 5.82. The molecular weight excluding hydrogens is 408 g/mol. The van der Waals surface area contributed by atoms with Crippen LogP contribution in [0.2, 0.25) is 0 Å². The summed E-state index contributed by atoms with van der Waals surface area (Å²) in [5.74, 6) is 0.175. The number of sulfonamides is 1. The molecule has 0 saturated carbocycles. The van der Waals surface area contributed by atoms with E-state index in [1.807, 2.05) is 18.2 Å². The summed E-state index contributed by atoms with van der Waals surface area (Å²) in [6.45, 7) is 2.27. The number of rotatable bonds is 3. The number of nitrogens with one attached hydrogen (secondary N) is 2. The summed E-state index contributed by atoms with van der Waals surface area (Å²) in [6, 6.07) is 6.97. The van der Waals surface area contributed by atoms with Crippen LogP contribution in [0.5, 0.6) is 5.88 Å². The third-order valence-electron chi connectivity index (χ3n) is 6.31. The maximum Gasteiger partial charge on any atom is 0.329 e. The Morgan fingerprint density at radius 2 is 2.00 bits per heavy atom. The van der Waals surface area contributed by atoms with Gasteiger partial charge in [0.25, 0.3) is 10.0 Å². The number of urea groups is 1. The lowest BCUT2D eigenvalue weighted by atomic mass is 9.74. The van der Waals surface area contributed by atoms with E-state index in [1.54, 1.807) is 0 Å². The molecule has 3 aliphatic rings. The molecule has 9 nitrogen and oxygen atoms in total. The Bertz CT molecular complexity index is 1070. The summed E-state index contributed by atoms with van der Waals surface area (Å²) in [5, 5.41) is 7.00. The number of nitrogens with zero attached hydrogens (tertiary/aromatic N) is 2. The highest BCUT2D eigenvalue weighted by atomic mass is 32.2. The van der Waals surface area contributed by atoms with Gasteiger partial charge in [0, 0.05) is 31.6 Å². The highest BCUT2D eigenvalue weighted by Crippen LogP contribution is 2.51. The predicted molar refractivity (Wildman–Crippen MR) is 107 cm³/mol. The topological polar surface area (TPSA) is 112 Å². The predicted octanol–water partition coefficient (Wildman–Crippen LogP) is 1.75. The van der Waals surface area contributed by atoms with Crippen LogP contribution in [0.3, 0.4) is 0 Å². The highest BCUT2D eigenvalue weighted by Gasteiger charge is 2.47. The molecule has 2 N–H and O–H groups in total. The van der Waals surface area contributed by atoms with Gasteiger partial charge >= 0.3 is 6.03 Å². The Labute approximate surface area is 174 Å². The fraction of sp³-hybridized carbons (Fsp3) is 0.500. The highest BCUT2D eigenvalue weighted by molar-refractivity contribution is 7.90. The smallest absolute Gasteiger partial charge is 0.329 e. The molecule has 1 aromatic heterocycles. The molecule has 3 heterocycles. The second-order valence-corrected chi connectivity index (χ2v) is 9.75. The van der Waals surface area contributed by atoms with Crippen LogP contribution in [0.15, 0.2) is 35.4 Å². The molecule has 0 radical (unpaired) electrons. The van der Waals surface area contributed by atoms with E-state index in [1.165, 1.54) is 16.4 Å². The van der Waals surface area contributed by atoms with Crippen molar-refractivity contribution in [2.24, 2.45) is 5.41 Å². The van der Waals surface area contributed by atoms with Gasteiger partial charge in [-0.1, -0.05) is 24.3 Å². The zero-order chi connectivity index (χ0) is 20.8. The molecule has 1 aliphatic carbocycles. The molecule has 0 unspecified atom stereocenters. The van der Waals surface area contributed by atoms with Crippen molar-refractivity contribution in [1.29, 1.82) is 0 Å². The number of aryl methyl sites for hydroxylation is 1. The molecule has 2 amide bonds. The maximum atomic E-state index is 12.8. The maximum absolute atomic E-state index is 12.8. The van der Waals surface area contributed by atoms with Crippen molar-refractivity contribution in [2.75, 3.05) is 19.8 Å². The van der Waals surface area contributed by atoms with Crippen molar-refractivity contribution in [3.8, 4) is 5.88 Å². The molecule has 1 spiro atoms. The number of hydrogen-bond donors (Lipinski definition) is 2. The molecule has 2 aromatic rings. The monoisotopic (exact) mass is 432 g/mol. The zero-order valence-electron chi connectivity index (χ0n) is 16.5. The summed E-state index contributed by atoms with van der Waals surface area (Å²) >= 11 is 0. The molecule has 160 valence electrons. The fourth-order valence-electron chi connectivity index (χ4n) is 4.83. The first-order chi connectivity index (χ1) is 14.5. The van der Waals surface area contributed by atoms with Crippen LogP contribution in [-0.2, 0) is 27.7 Å². The lowest BCUT2D eigenvalue weighted by Crippen LogP contribution is -2.47. The average Bonchev–Trinajstić information content (AvgIpc) is 3.29. The van der Waals surface area contributed by atoms with E-state index in [4.69, 9.17) is 9.47 Å². The van der Waals surface area contributed by atoms with E-state index in [9.17, 15) is 13.2 Å².